The molecule has 0 saturated carbocycles. The quantitative estimate of drug-likeness (QED) is 0.751. The van der Waals surface area contributed by atoms with E-state index in [1.165, 1.54) is 27.1 Å². The molecule has 1 aliphatic heterocycles. The Hall–Kier alpha value is -1.96. The molecule has 1 amide bonds. The van der Waals surface area contributed by atoms with E-state index >= 15 is 0 Å². The molecule has 4 rings (SSSR count). The van der Waals surface area contributed by atoms with Crippen LogP contribution in [0.15, 0.2) is 30.3 Å². The maximum absolute atomic E-state index is 12.1. The van der Waals surface area contributed by atoms with E-state index < -0.39 is 22.5 Å². The molecule has 2 aromatic rings. The number of benzene rings is 2. The van der Waals surface area contributed by atoms with Crippen molar-refractivity contribution in [3.63, 3.8) is 0 Å². The molecule has 2 aliphatic rings. The number of amides is 1. The van der Waals surface area contributed by atoms with Crippen LogP contribution in [0.25, 0.3) is 17.2 Å². The number of rotatable bonds is 2. The van der Waals surface area contributed by atoms with Crippen molar-refractivity contribution in [2.75, 3.05) is 0 Å². The Morgan fingerprint density at radius 2 is 1.88 bits per heavy atom. The summed E-state index contributed by atoms with van der Waals surface area (Å²) in [5.41, 5.74) is 14.2. The molecule has 0 bridgehead atoms. The Kier molecular flexibility index (Phi) is 3.71. The van der Waals surface area contributed by atoms with Crippen LogP contribution in [0.1, 0.15) is 27.0 Å². The smallest absolute Gasteiger partial charge is 0.269 e. The van der Waals surface area contributed by atoms with Crippen molar-refractivity contribution >= 4 is 39.0 Å². The lowest BCUT2D eigenvalue weighted by molar-refractivity contribution is 0.0991. The molecule has 133 valence electrons. The minimum absolute atomic E-state index is 0.522. The van der Waals surface area contributed by atoms with Gasteiger partial charge in [-0.3, -0.25) is 10.5 Å². The van der Waals surface area contributed by atoms with Gasteiger partial charge in [-0.25, -0.2) is 0 Å². The van der Waals surface area contributed by atoms with E-state index in [9.17, 15) is 4.79 Å². The largest absolute Gasteiger partial charge is 0.449 e. The van der Waals surface area contributed by atoms with Gasteiger partial charge in [0.2, 0.25) is 16.6 Å². The van der Waals surface area contributed by atoms with E-state index in [1.807, 2.05) is 13.0 Å². The second-order valence-electron chi connectivity index (χ2n) is 8.28. The number of fused-ring (bicyclic) bond motifs is 2. The summed E-state index contributed by atoms with van der Waals surface area (Å²) in [7, 11) is -4.16. The standard InChI is InChI=1S/C21H24NO2Si2/c1-13-17(21(22)23)12-18-20(26(4,5)24-25(18,2)3)19(13)16-11-7-9-14-8-6-10-15(14)16/h6-7,9-12,22H,8H2,1-5H3. The molecule has 3 nitrogen and oxygen atoms in total. The van der Waals surface area contributed by atoms with Crippen molar-refractivity contribution in [2.45, 2.75) is 39.5 Å². The molecule has 26 heavy (non-hydrogen) atoms. The van der Waals surface area contributed by atoms with Crippen LogP contribution in [0, 0.1) is 6.92 Å². The maximum Gasteiger partial charge on any atom is 0.269 e. The number of carbonyl (C=O) groups excluding carboxylic acids is 1. The molecule has 1 radical (unpaired) electrons. The van der Waals surface area contributed by atoms with Crippen molar-refractivity contribution < 1.29 is 8.91 Å². The fraction of sp³-hybridized carbons (Fsp3) is 0.286. The highest BCUT2D eigenvalue weighted by atomic mass is 28.4. The van der Waals surface area contributed by atoms with Gasteiger partial charge in [-0.2, -0.15) is 0 Å². The molecule has 0 atom stereocenters. The highest BCUT2D eigenvalue weighted by molar-refractivity contribution is 7.06. The SMILES string of the molecule is Cc1c(C([NH])=O)cc2c(c1-c1cccc3c1C=CC3)[Si](C)(C)O[Si]2(C)C. The van der Waals surface area contributed by atoms with Gasteiger partial charge >= 0.3 is 0 Å². The Morgan fingerprint density at radius 1 is 1.15 bits per heavy atom. The minimum Gasteiger partial charge on any atom is -0.449 e. The Morgan fingerprint density at radius 3 is 2.58 bits per heavy atom. The zero-order valence-electron chi connectivity index (χ0n) is 16.0. The third-order valence-corrected chi connectivity index (χ3v) is 13.4. The van der Waals surface area contributed by atoms with Gasteiger partial charge in [-0.05, 0) is 83.8 Å². The van der Waals surface area contributed by atoms with Crippen LogP contribution >= 0.6 is 0 Å². The summed E-state index contributed by atoms with van der Waals surface area (Å²) in [6.07, 6.45) is 5.35. The zero-order valence-corrected chi connectivity index (χ0v) is 18.0. The summed E-state index contributed by atoms with van der Waals surface area (Å²) in [6, 6.07) is 8.41. The van der Waals surface area contributed by atoms with Crippen LogP contribution in [0.5, 0.6) is 0 Å². The van der Waals surface area contributed by atoms with Crippen LogP contribution < -0.4 is 16.1 Å². The van der Waals surface area contributed by atoms with Crippen molar-refractivity contribution in [3.8, 4) is 11.1 Å². The summed E-state index contributed by atoms with van der Waals surface area (Å²) < 4.78 is 6.67. The fourth-order valence-corrected chi connectivity index (χ4v) is 15.3. The Bertz CT molecular complexity index is 990. The Balaban J connectivity index is 2.16. The lowest BCUT2D eigenvalue weighted by atomic mass is 9.91. The predicted octanol–water partition coefficient (Wildman–Crippen LogP) is 3.51. The molecule has 0 saturated heterocycles. The summed E-state index contributed by atoms with van der Waals surface area (Å²) in [6.45, 7) is 10.9. The van der Waals surface area contributed by atoms with Gasteiger partial charge in [0.1, 0.15) is 0 Å². The van der Waals surface area contributed by atoms with Gasteiger partial charge in [0.15, 0.2) is 0 Å². The van der Waals surface area contributed by atoms with Crippen molar-refractivity contribution in [1.82, 2.24) is 5.73 Å². The number of allylic oxidation sites excluding steroid dienone is 1. The highest BCUT2D eigenvalue weighted by Crippen LogP contribution is 2.36. The summed E-state index contributed by atoms with van der Waals surface area (Å²) >= 11 is 0. The van der Waals surface area contributed by atoms with E-state index in [4.69, 9.17) is 9.85 Å². The normalized spacial score (nSPS) is 18.7. The van der Waals surface area contributed by atoms with Crippen molar-refractivity contribution in [3.05, 3.63) is 52.6 Å². The van der Waals surface area contributed by atoms with Gasteiger partial charge < -0.3 is 4.12 Å². The second-order valence-corrected chi connectivity index (χ2v) is 16.2. The van der Waals surface area contributed by atoms with Gasteiger partial charge in [0.05, 0.1) is 0 Å². The van der Waals surface area contributed by atoms with Crippen LogP contribution in [-0.4, -0.2) is 22.5 Å². The fourth-order valence-electron chi connectivity index (χ4n) is 4.71. The molecular weight excluding hydrogens is 354 g/mol. The van der Waals surface area contributed by atoms with Crippen LogP contribution in [-0.2, 0) is 10.5 Å². The number of carbonyl (C=O) groups is 1. The molecule has 0 fully saturated rings. The van der Waals surface area contributed by atoms with Crippen LogP contribution in [0.4, 0.5) is 0 Å². The number of hydrogen-bond acceptors (Lipinski definition) is 2. The third kappa shape index (κ3) is 2.38. The highest BCUT2D eigenvalue weighted by Gasteiger charge is 2.49. The van der Waals surface area contributed by atoms with Crippen LogP contribution in [0.3, 0.4) is 0 Å². The van der Waals surface area contributed by atoms with E-state index in [2.05, 4.69) is 56.5 Å². The first-order valence-corrected chi connectivity index (χ1v) is 14.9. The van der Waals surface area contributed by atoms with Crippen LogP contribution in [0.2, 0.25) is 26.2 Å². The molecule has 2 aromatic carbocycles. The van der Waals surface area contributed by atoms with Gasteiger partial charge in [0, 0.05) is 5.56 Å². The maximum atomic E-state index is 12.1. The molecule has 0 aromatic heterocycles. The molecule has 0 unspecified atom stereocenters. The van der Waals surface area contributed by atoms with Gasteiger partial charge in [0.25, 0.3) is 5.91 Å². The lowest BCUT2D eigenvalue weighted by Gasteiger charge is -2.24. The topological polar surface area (TPSA) is 50.1 Å². The van der Waals surface area contributed by atoms with E-state index in [-0.39, 0.29) is 0 Å². The average Bonchev–Trinajstić information content (AvgIpc) is 3.07. The zero-order chi connectivity index (χ0) is 18.9. The van der Waals surface area contributed by atoms with Crippen molar-refractivity contribution in [2.24, 2.45) is 0 Å². The second kappa shape index (κ2) is 5.52. The van der Waals surface area contributed by atoms with E-state index in [1.54, 1.807) is 0 Å². The molecule has 1 heterocycles. The first-order valence-electron chi connectivity index (χ1n) is 9.07. The molecule has 1 N–H and O–H groups in total. The monoisotopic (exact) mass is 378 g/mol. The molecule has 0 spiro atoms. The van der Waals surface area contributed by atoms with Gasteiger partial charge in [-0.15, -0.1) is 0 Å². The molecule has 1 aliphatic carbocycles. The first-order chi connectivity index (χ1) is 12.1. The van der Waals surface area contributed by atoms with E-state index in [0.29, 0.717) is 5.56 Å². The summed E-state index contributed by atoms with van der Waals surface area (Å²) in [5, 5.41) is 2.55. The third-order valence-electron chi connectivity index (χ3n) is 5.68. The lowest BCUT2D eigenvalue weighted by Crippen LogP contribution is -2.46. The molecular formula is C21H24NO2Si2. The predicted molar refractivity (Wildman–Crippen MR) is 112 cm³/mol. The Labute approximate surface area is 157 Å². The van der Waals surface area contributed by atoms with Gasteiger partial charge in [-0.1, -0.05) is 30.4 Å². The number of nitrogens with one attached hydrogen (secondary N) is 1. The molecule has 5 heteroatoms. The minimum atomic E-state index is -2.08. The van der Waals surface area contributed by atoms with E-state index in [0.717, 1.165) is 17.5 Å². The summed E-state index contributed by atoms with van der Waals surface area (Å²) in [4.78, 5) is 12.1. The average molecular weight is 379 g/mol. The number of hydrogen-bond donors (Lipinski definition) is 0. The van der Waals surface area contributed by atoms with Crippen molar-refractivity contribution in [1.29, 1.82) is 0 Å². The first kappa shape index (κ1) is 17.5. The summed E-state index contributed by atoms with van der Waals surface area (Å²) in [5.74, 6) is -0.606.